The van der Waals surface area contributed by atoms with E-state index in [-0.39, 0.29) is 11.8 Å². The van der Waals surface area contributed by atoms with E-state index in [2.05, 4.69) is 50.3 Å². The summed E-state index contributed by atoms with van der Waals surface area (Å²) in [5, 5.41) is 2.40. The zero-order valence-electron chi connectivity index (χ0n) is 21.5. The molecule has 0 unspecified atom stereocenters. The third-order valence-corrected chi connectivity index (χ3v) is 14.3. The Labute approximate surface area is 212 Å². The van der Waals surface area contributed by atoms with Crippen LogP contribution in [0.15, 0.2) is 36.4 Å². The molecular formula is C33H34O3. The van der Waals surface area contributed by atoms with Crippen molar-refractivity contribution in [1.82, 2.24) is 0 Å². The van der Waals surface area contributed by atoms with Crippen LogP contribution in [0, 0.1) is 70.0 Å². The molecule has 0 aromatic heterocycles. The topological polar surface area (TPSA) is 35.5 Å². The lowest BCUT2D eigenvalue weighted by Gasteiger charge is -2.85. The van der Waals surface area contributed by atoms with Crippen molar-refractivity contribution < 1.29 is 14.3 Å². The highest BCUT2D eigenvalue weighted by Crippen LogP contribution is 2.96. The molecule has 10 rings (SSSR count). The first kappa shape index (κ1) is 19.8. The van der Waals surface area contributed by atoms with Gasteiger partial charge in [0.1, 0.15) is 17.3 Å². The number of allylic oxidation sites excluding steroid dienone is 2. The molecule has 6 fully saturated rings. The molecule has 8 aliphatic carbocycles. The van der Waals surface area contributed by atoms with Gasteiger partial charge in [-0.1, -0.05) is 50.3 Å². The van der Waals surface area contributed by atoms with Crippen molar-refractivity contribution in [2.75, 3.05) is 14.2 Å². The van der Waals surface area contributed by atoms with Gasteiger partial charge in [-0.2, -0.15) is 0 Å². The summed E-state index contributed by atoms with van der Waals surface area (Å²) >= 11 is 0. The second kappa shape index (κ2) is 5.59. The average Bonchev–Trinajstić information content (AvgIpc) is 3.73. The molecule has 0 radical (unpaired) electrons. The number of Topliss-reactive ketones (excluding diaryl/α,β-unsaturated/α-hetero) is 1. The molecule has 14 atom stereocenters. The van der Waals surface area contributed by atoms with E-state index in [1.807, 2.05) is 14.2 Å². The van der Waals surface area contributed by atoms with Gasteiger partial charge in [-0.15, -0.1) is 0 Å². The van der Waals surface area contributed by atoms with Crippen molar-refractivity contribution in [3.63, 3.8) is 0 Å². The molecular weight excluding hydrogens is 444 g/mol. The normalized spacial score (nSPS) is 54.6. The summed E-state index contributed by atoms with van der Waals surface area (Å²) in [4.78, 5) is 13.1. The van der Waals surface area contributed by atoms with Crippen LogP contribution < -0.4 is 9.47 Å². The predicted molar refractivity (Wildman–Crippen MR) is 137 cm³/mol. The fraction of sp³-hybridized carbons (Fsp3) is 0.606. The third-order valence-electron chi connectivity index (χ3n) is 14.3. The first-order valence-corrected chi connectivity index (χ1v) is 14.4. The van der Waals surface area contributed by atoms with Gasteiger partial charge in [-0.3, -0.25) is 4.79 Å². The zero-order chi connectivity index (χ0) is 24.0. The van der Waals surface area contributed by atoms with Crippen LogP contribution in [0.1, 0.15) is 49.7 Å². The van der Waals surface area contributed by atoms with Gasteiger partial charge in [-0.05, 0) is 82.9 Å². The highest BCUT2D eigenvalue weighted by molar-refractivity contribution is 5.97. The highest BCUT2D eigenvalue weighted by atomic mass is 16.5. The van der Waals surface area contributed by atoms with Crippen LogP contribution in [-0.2, 0) is 4.79 Å². The predicted octanol–water partition coefficient (Wildman–Crippen LogP) is 6.21. The Kier molecular flexibility index (Phi) is 3.07. The van der Waals surface area contributed by atoms with Crippen LogP contribution in [0.25, 0.3) is 10.8 Å². The maximum absolute atomic E-state index is 13.1. The van der Waals surface area contributed by atoms with Gasteiger partial charge in [0.25, 0.3) is 0 Å². The molecule has 36 heavy (non-hydrogen) atoms. The maximum Gasteiger partial charge on any atom is 0.147 e. The Morgan fingerprint density at radius 1 is 0.722 bits per heavy atom. The van der Waals surface area contributed by atoms with Crippen molar-refractivity contribution >= 4 is 16.6 Å². The summed E-state index contributed by atoms with van der Waals surface area (Å²) in [6.07, 6.45) is 7.26. The third kappa shape index (κ3) is 1.55. The highest BCUT2D eigenvalue weighted by Gasteiger charge is 2.91. The summed E-state index contributed by atoms with van der Waals surface area (Å²) in [5.74, 6) is 10.5. The fourth-order valence-corrected chi connectivity index (χ4v) is 14.0. The minimum absolute atomic E-state index is 0.249. The number of ether oxygens (including phenoxy) is 2. The van der Waals surface area contributed by atoms with Gasteiger partial charge in [-0.25, -0.2) is 0 Å². The monoisotopic (exact) mass is 478 g/mol. The first-order valence-electron chi connectivity index (χ1n) is 14.4. The molecule has 3 nitrogen and oxygen atoms in total. The van der Waals surface area contributed by atoms with Crippen LogP contribution in [0.3, 0.4) is 0 Å². The van der Waals surface area contributed by atoms with E-state index in [9.17, 15) is 4.79 Å². The molecule has 6 saturated carbocycles. The van der Waals surface area contributed by atoms with E-state index in [0.717, 1.165) is 47.0 Å². The fourth-order valence-electron chi connectivity index (χ4n) is 14.0. The number of carbonyl (C=O) groups is 1. The molecule has 3 heteroatoms. The Morgan fingerprint density at radius 2 is 1.19 bits per heavy atom. The van der Waals surface area contributed by atoms with Gasteiger partial charge >= 0.3 is 0 Å². The van der Waals surface area contributed by atoms with Gasteiger partial charge < -0.3 is 9.47 Å². The van der Waals surface area contributed by atoms with Crippen LogP contribution >= 0.6 is 0 Å². The zero-order valence-corrected chi connectivity index (χ0v) is 21.5. The molecule has 0 saturated heterocycles. The minimum atomic E-state index is 0.249. The minimum Gasteiger partial charge on any atom is -0.496 e. The Bertz CT molecular complexity index is 1370. The van der Waals surface area contributed by atoms with E-state index >= 15 is 0 Å². The number of hydrogen-bond donors (Lipinski definition) is 0. The lowest BCUT2D eigenvalue weighted by molar-refractivity contribution is -0.370. The molecule has 0 N–H and O–H groups in total. The molecule has 8 aliphatic rings. The van der Waals surface area contributed by atoms with Gasteiger partial charge in [0.2, 0.25) is 0 Å². The summed E-state index contributed by atoms with van der Waals surface area (Å²) in [7, 11) is 3.72. The summed E-state index contributed by atoms with van der Waals surface area (Å²) in [5.41, 5.74) is 3.76. The van der Waals surface area contributed by atoms with Crippen LogP contribution in [0.2, 0.25) is 0 Å². The molecule has 0 aliphatic heterocycles. The molecule has 2 aromatic rings. The van der Waals surface area contributed by atoms with Crippen LogP contribution in [0.5, 0.6) is 11.5 Å². The van der Waals surface area contributed by atoms with Crippen LogP contribution in [-0.4, -0.2) is 20.0 Å². The van der Waals surface area contributed by atoms with Gasteiger partial charge in [0, 0.05) is 33.7 Å². The summed E-state index contributed by atoms with van der Waals surface area (Å²) in [6.45, 7) is 5.36. The molecule has 0 heterocycles. The number of carbonyl (C=O) groups excluding carboxylic acids is 1. The molecule has 0 spiro atoms. The molecule has 6 bridgehead atoms. The summed E-state index contributed by atoms with van der Waals surface area (Å²) in [6, 6.07) is 8.67. The standard InChI is InChI=1S/C33H34O3/c1-32-25-17-11-18(22-16-10-9-15(21(17)22)29(16)34)26(25)33(32,2)28-20-12-19(27(28)32)23-24(20)31(36-4)14-8-6-5-7-13(14)30(23)35-3/h5-10,15-22,25-28H,11-12H2,1-4H3/t15-,16+,17+,18-,19-,20+,21-,22+,25+,26-,27-,28+,32+,33-. The Morgan fingerprint density at radius 3 is 1.64 bits per heavy atom. The SMILES string of the molecule is COc1c2c(c(OC)c3ccccc13)[C@@H]1C[C@H]2[C@@H]2[C@H]1[C@@]1(C)[C@@H]3[C@@H]4C[C@@H]([C@@H]5[C@H]4[C@@H]4C=C[C@H]5C4=O)[C@@H]3[C@@]21C. The number of methoxy groups -OCH3 is 2. The van der Waals surface area contributed by atoms with E-state index in [4.69, 9.17) is 9.47 Å². The molecule has 184 valence electrons. The quantitative estimate of drug-likeness (QED) is 0.292. The van der Waals surface area contributed by atoms with E-state index in [1.54, 1.807) is 0 Å². The van der Waals surface area contributed by atoms with Crippen molar-refractivity contribution in [2.24, 2.45) is 70.0 Å². The Hall–Kier alpha value is -2.29. The number of rotatable bonds is 2. The van der Waals surface area contributed by atoms with Crippen molar-refractivity contribution in [2.45, 2.75) is 38.5 Å². The molecule has 0 amide bonds. The van der Waals surface area contributed by atoms with Crippen LogP contribution in [0.4, 0.5) is 0 Å². The smallest absolute Gasteiger partial charge is 0.147 e. The second-order valence-corrected chi connectivity index (χ2v) is 14.1. The molecule has 2 aromatic carbocycles. The number of hydrogen-bond acceptors (Lipinski definition) is 3. The summed E-state index contributed by atoms with van der Waals surface area (Å²) < 4.78 is 12.4. The average molecular weight is 479 g/mol. The number of fused-ring (bicyclic) bond motifs is 26. The van der Waals surface area contributed by atoms with Crippen molar-refractivity contribution in [3.8, 4) is 11.5 Å². The van der Waals surface area contributed by atoms with E-state index in [1.165, 1.54) is 34.7 Å². The lowest BCUT2D eigenvalue weighted by Crippen LogP contribution is -2.81. The maximum atomic E-state index is 13.1. The second-order valence-electron chi connectivity index (χ2n) is 14.1. The van der Waals surface area contributed by atoms with E-state index in [0.29, 0.717) is 40.3 Å². The lowest BCUT2D eigenvalue weighted by atomic mass is 9.19. The number of ketones is 1. The van der Waals surface area contributed by atoms with Crippen molar-refractivity contribution in [1.29, 1.82) is 0 Å². The Balaban J connectivity index is 1.15. The largest absolute Gasteiger partial charge is 0.496 e. The van der Waals surface area contributed by atoms with Gasteiger partial charge in [0.15, 0.2) is 0 Å². The first-order chi connectivity index (χ1) is 17.5. The van der Waals surface area contributed by atoms with Gasteiger partial charge in [0.05, 0.1) is 14.2 Å². The number of benzene rings is 2. The van der Waals surface area contributed by atoms with E-state index < -0.39 is 0 Å². The van der Waals surface area contributed by atoms with Crippen molar-refractivity contribution in [3.05, 3.63) is 47.5 Å².